The summed E-state index contributed by atoms with van der Waals surface area (Å²) in [6.07, 6.45) is 5.99. The van der Waals surface area contributed by atoms with Crippen LogP contribution in [0.15, 0.2) is 122 Å². The Kier molecular flexibility index (Phi) is 34.8. The van der Waals surface area contributed by atoms with Gasteiger partial charge in [-0.05, 0) is 84.0 Å². The average molecular weight is 1700 g/mol. The summed E-state index contributed by atoms with van der Waals surface area (Å²) in [6.45, 7) is 5.49. The first-order chi connectivity index (χ1) is 56.9. The minimum Gasteiger partial charge on any atom is -0.480 e. The van der Waals surface area contributed by atoms with Crippen molar-refractivity contribution in [2.24, 2.45) is 29.0 Å². The Hall–Kier alpha value is -12.3. The molecule has 0 aliphatic rings. The highest BCUT2D eigenvalue weighted by atomic mass is 32.1. The number of aliphatic carboxylic acids is 1. The number of para-hydroxylation sites is 4. The van der Waals surface area contributed by atoms with Gasteiger partial charge in [-0.1, -0.05) is 100 Å². The van der Waals surface area contributed by atoms with Gasteiger partial charge in [0.1, 0.15) is 60.4 Å². The van der Waals surface area contributed by atoms with Gasteiger partial charge in [0, 0.05) is 124 Å². The number of thiol groups is 3. The van der Waals surface area contributed by atoms with E-state index in [1.165, 1.54) is 0 Å². The fourth-order valence-corrected chi connectivity index (χ4v) is 13.9. The van der Waals surface area contributed by atoms with E-state index in [2.05, 4.69) is 132 Å². The number of rotatable bonds is 46. The lowest BCUT2D eigenvalue weighted by atomic mass is 10.00. The number of aromatic nitrogens is 4. The van der Waals surface area contributed by atoms with E-state index < -0.39 is 168 Å². The lowest BCUT2D eigenvalue weighted by Gasteiger charge is -2.28. The second-order valence-electron chi connectivity index (χ2n) is 29.2. The largest absolute Gasteiger partial charge is 0.480 e. The first-order valence-corrected chi connectivity index (χ1v) is 40.5. The molecule has 12 amide bonds. The van der Waals surface area contributed by atoms with Crippen molar-refractivity contribution >= 4 is 170 Å². The fraction of sp³-hybridized carbons (Fsp3) is 0.405. The third kappa shape index (κ3) is 26.9. The molecule has 4 aromatic heterocycles. The Morgan fingerprint density at radius 3 is 0.992 bits per heavy atom. The van der Waals surface area contributed by atoms with Crippen LogP contribution in [0.25, 0.3) is 43.6 Å². The fourth-order valence-electron chi connectivity index (χ4n) is 13.1. The quantitative estimate of drug-likeness (QED) is 0.00942. The predicted octanol–water partition coefficient (Wildman–Crippen LogP) is -0.997. The molecule has 0 saturated carbocycles. The molecule has 0 unspecified atom stereocenters. The van der Waals surface area contributed by atoms with Gasteiger partial charge < -0.3 is 117 Å². The van der Waals surface area contributed by atoms with E-state index >= 15 is 4.79 Å². The van der Waals surface area contributed by atoms with Crippen molar-refractivity contribution in [2.45, 2.75) is 146 Å². The number of carboxylic acid groups (broad SMARTS) is 1. The molecule has 119 heavy (non-hydrogen) atoms. The summed E-state index contributed by atoms with van der Waals surface area (Å²) in [6, 6.07) is 13.6. The Morgan fingerprint density at radius 2 is 0.647 bits per heavy atom. The van der Waals surface area contributed by atoms with Crippen LogP contribution in [0.5, 0.6) is 0 Å². The van der Waals surface area contributed by atoms with Crippen LogP contribution in [0.3, 0.4) is 0 Å². The third-order valence-electron chi connectivity index (χ3n) is 19.7. The van der Waals surface area contributed by atoms with E-state index in [9.17, 15) is 62.6 Å². The molecule has 638 valence electrons. The molecule has 11 atom stereocenters. The zero-order valence-corrected chi connectivity index (χ0v) is 68.7. The van der Waals surface area contributed by atoms with Crippen molar-refractivity contribution in [2.75, 3.05) is 43.4 Å². The molecule has 4 aromatic carbocycles. The molecule has 0 aliphatic carbocycles. The first-order valence-electron chi connectivity index (χ1n) is 38.6. The predicted molar refractivity (Wildman–Crippen MR) is 458 cm³/mol. The van der Waals surface area contributed by atoms with Gasteiger partial charge in [0.2, 0.25) is 70.9 Å². The van der Waals surface area contributed by atoms with E-state index in [1.807, 2.05) is 12.1 Å². The maximum Gasteiger partial charge on any atom is 0.326 e. The van der Waals surface area contributed by atoms with Gasteiger partial charge in [-0.15, -0.1) is 0 Å². The number of benzene rings is 4. The minimum absolute atomic E-state index is 0.0437. The summed E-state index contributed by atoms with van der Waals surface area (Å²) in [7, 11) is 0. The highest BCUT2D eigenvalue weighted by molar-refractivity contribution is 7.80. The van der Waals surface area contributed by atoms with Gasteiger partial charge in [-0.2, -0.15) is 37.9 Å². The topological polar surface area (TPSA) is 599 Å². The summed E-state index contributed by atoms with van der Waals surface area (Å²) in [5, 5.41) is 64.7. The van der Waals surface area contributed by atoms with Crippen molar-refractivity contribution < 1.29 is 67.4 Å². The van der Waals surface area contributed by atoms with E-state index in [1.54, 1.807) is 137 Å². The Bertz CT molecular complexity index is 4950. The van der Waals surface area contributed by atoms with E-state index in [4.69, 9.17) is 28.0 Å². The van der Waals surface area contributed by atoms with Crippen LogP contribution in [-0.2, 0) is 88.0 Å². The molecular weight excluding hydrogens is 1590 g/mol. The number of hydrogen-bond donors (Lipinski definition) is 27. The number of fused-ring (bicyclic) bond motifs is 4. The molecule has 0 bridgehead atoms. The molecule has 0 fully saturated rings. The molecule has 0 spiro atoms. The second-order valence-corrected chi connectivity index (χ2v) is 30.3. The number of H-pyrrole nitrogens is 4. The maximum absolute atomic E-state index is 15.0. The molecule has 27 N–H and O–H groups in total. The number of hydrogen-bond acceptors (Lipinski definition) is 19. The summed E-state index contributed by atoms with van der Waals surface area (Å²) >= 11 is 13.0. The summed E-state index contributed by atoms with van der Waals surface area (Å²) in [5.41, 5.74) is 22.1. The lowest BCUT2D eigenvalue weighted by molar-refractivity contribution is -0.142. The highest BCUT2D eigenvalue weighted by Gasteiger charge is 2.37. The Balaban J connectivity index is 0.934. The molecule has 37 nitrogen and oxygen atoms in total. The van der Waals surface area contributed by atoms with E-state index in [0.29, 0.717) is 65.9 Å². The van der Waals surface area contributed by atoms with Crippen LogP contribution in [0.2, 0.25) is 0 Å². The van der Waals surface area contributed by atoms with Crippen molar-refractivity contribution in [1.82, 2.24) is 94.4 Å². The van der Waals surface area contributed by atoms with Crippen LogP contribution in [0.1, 0.15) is 75.6 Å². The Labute approximate surface area is 701 Å². The van der Waals surface area contributed by atoms with Crippen molar-refractivity contribution in [3.63, 3.8) is 0 Å². The van der Waals surface area contributed by atoms with Crippen LogP contribution < -0.4 is 91.6 Å². The summed E-state index contributed by atoms with van der Waals surface area (Å²) in [4.78, 5) is 196. The maximum atomic E-state index is 15.0. The first kappa shape index (κ1) is 92.2. The molecule has 0 saturated heterocycles. The molecule has 8 aromatic rings. The number of nitrogens with one attached hydrogen (secondary N) is 20. The number of carboxylic acids is 1. The third-order valence-corrected chi connectivity index (χ3v) is 20.8. The van der Waals surface area contributed by atoms with Crippen molar-refractivity contribution in [3.05, 3.63) is 144 Å². The Morgan fingerprint density at radius 1 is 0.361 bits per heavy atom. The highest BCUT2D eigenvalue weighted by Crippen LogP contribution is 2.25. The van der Waals surface area contributed by atoms with E-state index in [-0.39, 0.29) is 93.6 Å². The van der Waals surface area contributed by atoms with Crippen molar-refractivity contribution in [1.29, 1.82) is 10.8 Å². The number of carbonyl (C=O) groups is 13. The molecular formula is C79H105N23O14S3. The number of carbonyl (C=O) groups excluding carboxylic acids is 12. The lowest BCUT2D eigenvalue weighted by Crippen LogP contribution is -2.61. The van der Waals surface area contributed by atoms with Crippen LogP contribution in [-0.4, -0.2) is 224 Å². The minimum atomic E-state index is -1.49. The molecule has 0 aliphatic heterocycles. The van der Waals surface area contributed by atoms with Gasteiger partial charge in [0.15, 0.2) is 11.9 Å². The van der Waals surface area contributed by atoms with E-state index in [0.717, 1.165) is 0 Å². The van der Waals surface area contributed by atoms with Crippen molar-refractivity contribution in [3.8, 4) is 0 Å². The van der Waals surface area contributed by atoms with Gasteiger partial charge in [-0.3, -0.25) is 68.4 Å². The zero-order valence-electron chi connectivity index (χ0n) is 66.0. The number of amides is 12. The van der Waals surface area contributed by atoms with Gasteiger partial charge in [-0.25, -0.2) is 4.79 Å². The normalized spacial score (nSPS) is 14.1. The SMILES string of the molecule is CC(C)[C@H](N)C(=O)N[C@H](C(=O)N[C@@H](CS)C(=O)N[C@@H](Cc1c[nH]c2ccccc12)C(=O)N[C@@H](Cc1c[nH]c2ccccc12)C(=O)N[C@@H](CS)C(=O)NCC(=O)N[C@@H](CS)C(=O)N[C@@H](CCCNC(=N)N)C(=O)NCC(=O)N[C@@H](Cc1c[nH]c2ccccc12)C(=O)N[C@@H](Cc1c[nH]c2ccccc12)C(=O)N[C@@H](CCCNC(=N)N)C(=O)O)C(C)C. The molecule has 0 radical (unpaired) electrons. The monoisotopic (exact) mass is 1700 g/mol. The van der Waals surface area contributed by atoms with Crippen LogP contribution in [0.4, 0.5) is 0 Å². The number of aromatic amines is 4. The van der Waals surface area contributed by atoms with Gasteiger partial charge in [0.25, 0.3) is 0 Å². The molecule has 8 rings (SSSR count). The molecule has 40 heteroatoms. The standard InChI is InChI=1S/C79H105N23O14S3/c1-40(2)65(80)75(113)102-66(41(3)4)76(114)101-62(39-119)74(112)99-58(29-44-33-89-52-21-11-7-17-48(44)52)71(109)98-59(30-45-34-90-53-22-12-8-18-49(45)53)72(110)100-60(37-117)68(106)92-36-64(104)94-61(38-118)73(111)95-54(23-13-25-85-78(81)82)67(105)91-35-63(103)93-56(27-42-31-87-50-19-9-5-15-46(42)50)69(107)97-57(28-43-32-88-51-20-10-6-16-47(43)51)70(108)96-55(77(115)116)24-14-26-86-79(83)84/h5-12,15-22,31-34,40-41,54-62,65-66,87-90,117-119H,13-14,23-30,35-39,80H2,1-4H3,(H,91,105)(H,92,106)(H,93,103)(H,94,104)(H,95,111)(H,96,108)(H,97,107)(H,98,109)(H,99,112)(H,100,110)(H,101,114)(H,102,113)(H,115,116)(H4,81,82,85)(H4,83,84,86)/t54-,55-,56-,57-,58-,59-,60-,61-,62-,65-,66-/m0/s1. The second kappa shape index (κ2) is 44.9. The average Bonchev–Trinajstić information content (AvgIpc) is 1.70. The number of nitrogens with two attached hydrogens (primary N) is 3. The van der Waals surface area contributed by atoms with Gasteiger partial charge >= 0.3 is 5.97 Å². The van der Waals surface area contributed by atoms with Crippen LogP contribution >= 0.6 is 37.9 Å². The summed E-state index contributed by atoms with van der Waals surface area (Å²) < 4.78 is 0. The summed E-state index contributed by atoms with van der Waals surface area (Å²) in [5.74, 6) is -14.1. The number of guanidine groups is 2. The zero-order chi connectivity index (χ0) is 86.6. The van der Waals surface area contributed by atoms with Gasteiger partial charge in [0.05, 0.1) is 19.1 Å². The van der Waals surface area contributed by atoms with Crippen LogP contribution in [0, 0.1) is 22.7 Å². The smallest absolute Gasteiger partial charge is 0.326 e. The molecule has 4 heterocycles.